The van der Waals surface area contributed by atoms with Crippen molar-refractivity contribution in [3.63, 3.8) is 0 Å². The molecule has 0 fully saturated rings. The Kier molecular flexibility index (Phi) is 4.90. The number of sulfonamides is 1. The largest absolute Gasteiger partial charge is 0.506 e. The number of phenolic OH excluding ortho intramolecular Hbond substituents is 1. The van der Waals surface area contributed by atoms with Crippen molar-refractivity contribution in [3.05, 3.63) is 52.1 Å². The van der Waals surface area contributed by atoms with Crippen LogP contribution in [-0.4, -0.2) is 29.5 Å². The molecule has 5 N–H and O–H groups in total. The minimum atomic E-state index is -4.12. The Labute approximate surface area is 141 Å². The highest BCUT2D eigenvalue weighted by molar-refractivity contribution is 7.89. The number of aliphatic carboxylic acids is 1. The summed E-state index contributed by atoms with van der Waals surface area (Å²) in [7, 11) is -4.12. The van der Waals surface area contributed by atoms with Gasteiger partial charge in [0.1, 0.15) is 11.4 Å². The van der Waals surface area contributed by atoms with Gasteiger partial charge in [0.25, 0.3) is 5.69 Å². The van der Waals surface area contributed by atoms with Crippen molar-refractivity contribution in [2.75, 3.05) is 5.32 Å². The zero-order chi connectivity index (χ0) is 18.8. The highest BCUT2D eigenvalue weighted by atomic mass is 32.2. The highest BCUT2D eigenvalue weighted by Gasteiger charge is 2.20. The molecule has 25 heavy (non-hydrogen) atoms. The summed E-state index contributed by atoms with van der Waals surface area (Å²) in [5.41, 5.74) is -0.281. The summed E-state index contributed by atoms with van der Waals surface area (Å²) in [6.07, 6.45) is -0.304. The Bertz CT molecular complexity index is 957. The van der Waals surface area contributed by atoms with Gasteiger partial charge in [0.2, 0.25) is 10.0 Å². The van der Waals surface area contributed by atoms with Crippen molar-refractivity contribution >= 4 is 33.1 Å². The summed E-state index contributed by atoms with van der Waals surface area (Å²) >= 11 is 0. The molecule has 2 aromatic rings. The summed E-state index contributed by atoms with van der Waals surface area (Å²) in [6, 6.07) is 6.94. The second-order valence-corrected chi connectivity index (χ2v) is 6.59. The lowest BCUT2D eigenvalue weighted by atomic mass is 10.1. The van der Waals surface area contributed by atoms with Crippen LogP contribution in [0, 0.1) is 10.1 Å². The number of hydrogen-bond donors (Lipinski definition) is 4. The number of nitro benzene ring substituents is 1. The van der Waals surface area contributed by atoms with Crippen molar-refractivity contribution in [1.82, 2.24) is 0 Å². The third kappa shape index (κ3) is 4.43. The van der Waals surface area contributed by atoms with Gasteiger partial charge in [-0.15, -0.1) is 0 Å². The number of carboxylic acids is 1. The summed E-state index contributed by atoms with van der Waals surface area (Å²) in [4.78, 5) is 20.7. The maximum atomic E-state index is 11.3. The average molecular weight is 367 g/mol. The van der Waals surface area contributed by atoms with Gasteiger partial charge in [-0.3, -0.25) is 14.9 Å². The zero-order valence-corrected chi connectivity index (χ0v) is 13.4. The van der Waals surface area contributed by atoms with E-state index in [2.05, 4.69) is 5.32 Å². The normalized spacial score (nSPS) is 11.1. The first-order valence-electron chi connectivity index (χ1n) is 6.70. The van der Waals surface area contributed by atoms with E-state index in [9.17, 15) is 28.4 Å². The number of rotatable bonds is 6. The fourth-order valence-electron chi connectivity index (χ4n) is 2.06. The van der Waals surface area contributed by atoms with Crippen LogP contribution in [0.15, 0.2) is 41.3 Å². The molecule has 0 atom stereocenters. The van der Waals surface area contributed by atoms with Gasteiger partial charge in [0.05, 0.1) is 21.9 Å². The highest BCUT2D eigenvalue weighted by Crippen LogP contribution is 2.33. The molecule has 132 valence electrons. The number of anilines is 2. The van der Waals surface area contributed by atoms with E-state index in [1.807, 2.05) is 0 Å². The molecule has 0 saturated heterocycles. The second-order valence-electron chi connectivity index (χ2n) is 5.03. The fraction of sp³-hybridized carbons (Fsp3) is 0.0714. The van der Waals surface area contributed by atoms with Crippen LogP contribution in [0.2, 0.25) is 0 Å². The lowest BCUT2D eigenvalue weighted by Gasteiger charge is -2.11. The predicted molar refractivity (Wildman–Crippen MR) is 87.2 cm³/mol. The quantitative estimate of drug-likeness (QED) is 0.336. The lowest BCUT2D eigenvalue weighted by molar-refractivity contribution is -0.384. The number of carboxylic acid groups (broad SMARTS) is 1. The molecule has 11 heteroatoms. The molecule has 0 aromatic heterocycles. The van der Waals surface area contributed by atoms with Crippen LogP contribution in [0.5, 0.6) is 5.75 Å². The van der Waals surface area contributed by atoms with Gasteiger partial charge in [0.15, 0.2) is 0 Å². The van der Waals surface area contributed by atoms with Crippen molar-refractivity contribution in [3.8, 4) is 5.75 Å². The minimum Gasteiger partial charge on any atom is -0.506 e. The Balaban J connectivity index is 2.46. The van der Waals surface area contributed by atoms with Crippen molar-refractivity contribution < 1.29 is 28.3 Å². The number of nitro groups is 1. The van der Waals surface area contributed by atoms with E-state index in [1.165, 1.54) is 18.2 Å². The third-order valence-corrected chi connectivity index (χ3v) is 4.09. The maximum Gasteiger partial charge on any atom is 0.307 e. The van der Waals surface area contributed by atoms with Crippen LogP contribution >= 0.6 is 0 Å². The molecule has 0 bridgehead atoms. The van der Waals surface area contributed by atoms with Crippen LogP contribution < -0.4 is 10.5 Å². The number of nitrogens with zero attached hydrogens (tertiary/aromatic N) is 1. The second kappa shape index (κ2) is 6.75. The number of aromatic hydroxyl groups is 1. The fourth-order valence-corrected chi connectivity index (χ4v) is 2.59. The van der Waals surface area contributed by atoms with Gasteiger partial charge < -0.3 is 15.5 Å². The molecule has 0 radical (unpaired) electrons. The van der Waals surface area contributed by atoms with Crippen LogP contribution in [0.25, 0.3) is 0 Å². The summed E-state index contributed by atoms with van der Waals surface area (Å²) < 4.78 is 22.6. The number of phenols is 1. The molecule has 0 heterocycles. The first-order chi connectivity index (χ1) is 11.6. The number of carbonyl (C=O) groups is 1. The molecule has 0 aliphatic heterocycles. The SMILES string of the molecule is NS(=O)(=O)c1ccc(Nc2cc(CC(=O)O)ccc2O)c([N+](=O)[O-])c1. The van der Waals surface area contributed by atoms with Crippen LogP contribution in [0.3, 0.4) is 0 Å². The van der Waals surface area contributed by atoms with E-state index in [0.29, 0.717) is 5.56 Å². The van der Waals surface area contributed by atoms with E-state index < -0.39 is 31.5 Å². The molecule has 0 aliphatic carbocycles. The predicted octanol–water partition coefficient (Wildman–Crippen LogP) is 1.32. The van der Waals surface area contributed by atoms with Crippen LogP contribution in [0.4, 0.5) is 17.1 Å². The first kappa shape index (κ1) is 18.2. The van der Waals surface area contributed by atoms with Gasteiger partial charge in [-0.2, -0.15) is 0 Å². The van der Waals surface area contributed by atoms with Gasteiger partial charge in [-0.25, -0.2) is 13.6 Å². The smallest absolute Gasteiger partial charge is 0.307 e. The minimum absolute atomic E-state index is 0.0326. The molecule has 0 unspecified atom stereocenters. The Morgan fingerprint density at radius 2 is 1.88 bits per heavy atom. The van der Waals surface area contributed by atoms with E-state index in [-0.39, 0.29) is 23.5 Å². The third-order valence-electron chi connectivity index (χ3n) is 3.18. The van der Waals surface area contributed by atoms with E-state index in [0.717, 1.165) is 18.2 Å². The van der Waals surface area contributed by atoms with Gasteiger partial charge in [-0.1, -0.05) is 6.07 Å². The van der Waals surface area contributed by atoms with E-state index in [1.54, 1.807) is 0 Å². The molecule has 2 rings (SSSR count). The number of benzene rings is 2. The number of hydrogen-bond acceptors (Lipinski definition) is 7. The molecule has 2 aromatic carbocycles. The standard InChI is InChI=1S/C14H13N3O7S/c15-25(23,24)9-2-3-10(12(7-9)17(21)22)16-11-5-8(6-14(19)20)1-4-13(11)18/h1-5,7,16,18H,6H2,(H,19,20)(H2,15,23,24). The van der Waals surface area contributed by atoms with Crippen LogP contribution in [0.1, 0.15) is 5.56 Å². The number of nitrogens with one attached hydrogen (secondary N) is 1. The van der Waals surface area contributed by atoms with Gasteiger partial charge in [-0.05, 0) is 29.8 Å². The Morgan fingerprint density at radius 3 is 2.44 bits per heavy atom. The maximum absolute atomic E-state index is 11.3. The monoisotopic (exact) mass is 367 g/mol. The molecule has 0 aliphatic rings. The number of nitrogens with two attached hydrogens (primary N) is 1. The molecule has 0 saturated carbocycles. The molecule has 0 amide bonds. The first-order valence-corrected chi connectivity index (χ1v) is 8.24. The molecular weight excluding hydrogens is 354 g/mol. The van der Waals surface area contributed by atoms with E-state index in [4.69, 9.17) is 10.2 Å². The van der Waals surface area contributed by atoms with Crippen molar-refractivity contribution in [2.45, 2.75) is 11.3 Å². The zero-order valence-electron chi connectivity index (χ0n) is 12.5. The molecule has 0 spiro atoms. The Hall–Kier alpha value is -3.18. The number of primary sulfonamides is 1. The van der Waals surface area contributed by atoms with Crippen LogP contribution in [-0.2, 0) is 21.2 Å². The van der Waals surface area contributed by atoms with Crippen molar-refractivity contribution in [2.24, 2.45) is 5.14 Å². The van der Waals surface area contributed by atoms with Crippen molar-refractivity contribution in [1.29, 1.82) is 0 Å². The summed E-state index contributed by atoms with van der Waals surface area (Å²) in [5.74, 6) is -1.35. The van der Waals surface area contributed by atoms with Gasteiger partial charge in [0, 0.05) is 6.07 Å². The topological polar surface area (TPSA) is 173 Å². The van der Waals surface area contributed by atoms with Gasteiger partial charge >= 0.3 is 5.97 Å². The summed E-state index contributed by atoms with van der Waals surface area (Å²) in [6.45, 7) is 0. The van der Waals surface area contributed by atoms with E-state index >= 15 is 0 Å². The average Bonchev–Trinajstić information content (AvgIpc) is 2.49. The Morgan fingerprint density at radius 1 is 1.20 bits per heavy atom. The summed E-state index contributed by atoms with van der Waals surface area (Å²) in [5, 5.41) is 37.4. The molecule has 10 nitrogen and oxygen atoms in total. The molecular formula is C14H13N3O7S. The lowest BCUT2D eigenvalue weighted by Crippen LogP contribution is -2.12.